The topological polar surface area (TPSA) is 29.5 Å². The molecule has 0 aliphatic heterocycles. The van der Waals surface area contributed by atoms with Gasteiger partial charge in [0.15, 0.2) is 0 Å². The summed E-state index contributed by atoms with van der Waals surface area (Å²) in [5, 5.41) is 0. The highest BCUT2D eigenvalue weighted by atomic mass is 16.5. The van der Waals surface area contributed by atoms with Gasteiger partial charge in [-0.05, 0) is 32.5 Å². The second kappa shape index (κ2) is 17.8. The van der Waals surface area contributed by atoms with Crippen LogP contribution < -0.4 is 0 Å². The molecule has 0 spiro atoms. The number of hydrogen-bond acceptors (Lipinski definition) is 3. The van der Waals surface area contributed by atoms with Crippen molar-refractivity contribution < 1.29 is 9.53 Å². The quantitative estimate of drug-likeness (QED) is 0.258. The van der Waals surface area contributed by atoms with Gasteiger partial charge < -0.3 is 9.64 Å². The SMILES string of the molecule is CCCCCCCCCCCCOC(=O)CCCN(CC)CC. The summed E-state index contributed by atoms with van der Waals surface area (Å²) in [6, 6.07) is 0. The summed E-state index contributed by atoms with van der Waals surface area (Å²) in [7, 11) is 0. The molecule has 0 heterocycles. The number of carbonyl (C=O) groups is 1. The van der Waals surface area contributed by atoms with E-state index in [0.717, 1.165) is 32.5 Å². The van der Waals surface area contributed by atoms with E-state index in [1.165, 1.54) is 57.8 Å². The van der Waals surface area contributed by atoms with E-state index in [4.69, 9.17) is 4.74 Å². The lowest BCUT2D eigenvalue weighted by atomic mass is 10.1. The summed E-state index contributed by atoms with van der Waals surface area (Å²) < 4.78 is 5.31. The van der Waals surface area contributed by atoms with E-state index < -0.39 is 0 Å². The van der Waals surface area contributed by atoms with Crippen molar-refractivity contribution in [3.63, 3.8) is 0 Å². The molecule has 0 aliphatic carbocycles. The number of carbonyl (C=O) groups excluding carboxylic acids is 1. The minimum atomic E-state index is -0.0203. The number of unbranched alkanes of at least 4 members (excludes halogenated alkanes) is 9. The Morgan fingerprint density at radius 2 is 1.26 bits per heavy atom. The van der Waals surface area contributed by atoms with Gasteiger partial charge in [0.2, 0.25) is 0 Å². The van der Waals surface area contributed by atoms with Crippen molar-refractivity contribution in [1.82, 2.24) is 4.90 Å². The fraction of sp³-hybridized carbons (Fsp3) is 0.950. The molecule has 0 rings (SSSR count). The molecule has 0 unspecified atom stereocenters. The van der Waals surface area contributed by atoms with E-state index >= 15 is 0 Å². The number of ether oxygens (including phenoxy) is 1. The zero-order valence-corrected chi connectivity index (χ0v) is 16.1. The minimum absolute atomic E-state index is 0.0203. The number of hydrogen-bond donors (Lipinski definition) is 0. The number of rotatable bonds is 17. The van der Waals surface area contributed by atoms with Crippen LogP contribution in [0.2, 0.25) is 0 Å². The summed E-state index contributed by atoms with van der Waals surface area (Å²) >= 11 is 0. The molecule has 0 saturated carbocycles. The smallest absolute Gasteiger partial charge is 0.305 e. The Balaban J connectivity index is 3.23. The molecule has 0 aromatic heterocycles. The van der Waals surface area contributed by atoms with Crippen LogP contribution in [0, 0.1) is 0 Å². The maximum absolute atomic E-state index is 11.6. The summed E-state index contributed by atoms with van der Waals surface area (Å²) in [5.74, 6) is -0.0203. The van der Waals surface area contributed by atoms with Gasteiger partial charge in [-0.1, -0.05) is 78.6 Å². The molecule has 0 aliphatic rings. The van der Waals surface area contributed by atoms with Gasteiger partial charge >= 0.3 is 5.97 Å². The van der Waals surface area contributed by atoms with Gasteiger partial charge in [0.25, 0.3) is 0 Å². The number of nitrogens with zero attached hydrogens (tertiary/aromatic N) is 1. The Bertz CT molecular complexity index is 252. The van der Waals surface area contributed by atoms with E-state index in [1.54, 1.807) is 0 Å². The van der Waals surface area contributed by atoms with Crippen molar-refractivity contribution in [3.05, 3.63) is 0 Å². The van der Waals surface area contributed by atoms with Gasteiger partial charge in [-0.3, -0.25) is 4.79 Å². The zero-order valence-electron chi connectivity index (χ0n) is 16.1. The van der Waals surface area contributed by atoms with Crippen molar-refractivity contribution in [2.45, 2.75) is 97.8 Å². The van der Waals surface area contributed by atoms with Crippen LogP contribution in [-0.2, 0) is 9.53 Å². The molecule has 0 N–H and O–H groups in total. The van der Waals surface area contributed by atoms with Gasteiger partial charge in [0.05, 0.1) is 6.61 Å². The molecule has 3 nitrogen and oxygen atoms in total. The standard InChI is InChI=1S/C20H41NO2/c1-4-7-8-9-10-11-12-13-14-15-19-23-20(22)17-16-18-21(5-2)6-3/h4-19H2,1-3H3. The van der Waals surface area contributed by atoms with Crippen molar-refractivity contribution in [2.24, 2.45) is 0 Å². The molecule has 0 bridgehead atoms. The maximum atomic E-state index is 11.6. The van der Waals surface area contributed by atoms with Crippen LogP contribution in [-0.4, -0.2) is 37.1 Å². The average molecular weight is 328 g/mol. The highest BCUT2D eigenvalue weighted by Gasteiger charge is 2.04. The number of esters is 1. The Hall–Kier alpha value is -0.570. The van der Waals surface area contributed by atoms with E-state index in [0.29, 0.717) is 13.0 Å². The first-order valence-electron chi connectivity index (χ1n) is 10.1. The molecule has 0 aromatic carbocycles. The van der Waals surface area contributed by atoms with E-state index in [1.807, 2.05) is 0 Å². The van der Waals surface area contributed by atoms with E-state index in [-0.39, 0.29) is 5.97 Å². The summed E-state index contributed by atoms with van der Waals surface area (Å²) in [5.41, 5.74) is 0. The van der Waals surface area contributed by atoms with Gasteiger partial charge in [-0.15, -0.1) is 0 Å². The van der Waals surface area contributed by atoms with E-state index in [2.05, 4.69) is 25.7 Å². The maximum Gasteiger partial charge on any atom is 0.305 e. The van der Waals surface area contributed by atoms with Crippen LogP contribution >= 0.6 is 0 Å². The molecule has 0 saturated heterocycles. The van der Waals surface area contributed by atoms with Gasteiger partial charge in [-0.2, -0.15) is 0 Å². The lowest BCUT2D eigenvalue weighted by Crippen LogP contribution is -2.24. The third-order valence-corrected chi connectivity index (χ3v) is 4.51. The molecule has 23 heavy (non-hydrogen) atoms. The summed E-state index contributed by atoms with van der Waals surface area (Å²) in [4.78, 5) is 14.0. The van der Waals surface area contributed by atoms with Crippen molar-refractivity contribution in [2.75, 3.05) is 26.2 Å². The second-order valence-electron chi connectivity index (χ2n) is 6.53. The van der Waals surface area contributed by atoms with Crippen LogP contribution in [0.1, 0.15) is 97.8 Å². The summed E-state index contributed by atoms with van der Waals surface area (Å²) in [6.07, 6.45) is 14.6. The molecule has 0 amide bonds. The highest BCUT2D eigenvalue weighted by molar-refractivity contribution is 5.69. The molecule has 3 heteroatoms. The predicted molar refractivity (Wildman–Crippen MR) is 99.8 cm³/mol. The molecule has 0 atom stereocenters. The van der Waals surface area contributed by atoms with Gasteiger partial charge in [0.1, 0.15) is 0 Å². The lowest BCUT2D eigenvalue weighted by molar-refractivity contribution is -0.143. The fourth-order valence-electron chi connectivity index (χ4n) is 2.83. The molecule has 0 radical (unpaired) electrons. The van der Waals surface area contributed by atoms with Crippen LogP contribution in [0.25, 0.3) is 0 Å². The monoisotopic (exact) mass is 327 g/mol. The molecule has 138 valence electrons. The molecule has 0 aromatic rings. The molecule has 0 fully saturated rings. The minimum Gasteiger partial charge on any atom is -0.466 e. The normalized spacial score (nSPS) is 11.1. The first-order chi connectivity index (χ1) is 11.2. The third kappa shape index (κ3) is 16.1. The van der Waals surface area contributed by atoms with Crippen molar-refractivity contribution >= 4 is 5.97 Å². The predicted octanol–water partition coefficient (Wildman–Crippen LogP) is 5.57. The van der Waals surface area contributed by atoms with Gasteiger partial charge in [0, 0.05) is 6.42 Å². The highest BCUT2D eigenvalue weighted by Crippen LogP contribution is 2.10. The Morgan fingerprint density at radius 1 is 0.739 bits per heavy atom. The van der Waals surface area contributed by atoms with Gasteiger partial charge in [-0.25, -0.2) is 0 Å². The zero-order chi connectivity index (χ0) is 17.2. The summed E-state index contributed by atoms with van der Waals surface area (Å²) in [6.45, 7) is 10.3. The molecular weight excluding hydrogens is 286 g/mol. The first kappa shape index (κ1) is 22.4. The Kier molecular flexibility index (Phi) is 17.3. The Morgan fingerprint density at radius 3 is 1.78 bits per heavy atom. The van der Waals surface area contributed by atoms with Crippen LogP contribution in [0.4, 0.5) is 0 Å². The fourth-order valence-corrected chi connectivity index (χ4v) is 2.83. The first-order valence-corrected chi connectivity index (χ1v) is 10.1. The lowest BCUT2D eigenvalue weighted by Gasteiger charge is -2.17. The van der Waals surface area contributed by atoms with E-state index in [9.17, 15) is 4.79 Å². The average Bonchev–Trinajstić information content (AvgIpc) is 2.56. The largest absolute Gasteiger partial charge is 0.466 e. The van der Waals surface area contributed by atoms with Crippen LogP contribution in [0.5, 0.6) is 0 Å². The Labute approximate surface area is 145 Å². The second-order valence-corrected chi connectivity index (χ2v) is 6.53. The van der Waals surface area contributed by atoms with Crippen LogP contribution in [0.3, 0.4) is 0 Å². The third-order valence-electron chi connectivity index (χ3n) is 4.51. The molecular formula is C20H41NO2. The van der Waals surface area contributed by atoms with Crippen LogP contribution in [0.15, 0.2) is 0 Å². The van der Waals surface area contributed by atoms with Crippen molar-refractivity contribution in [1.29, 1.82) is 0 Å². The van der Waals surface area contributed by atoms with Crippen molar-refractivity contribution in [3.8, 4) is 0 Å².